The Bertz CT molecular complexity index is 708. The van der Waals surface area contributed by atoms with Crippen molar-refractivity contribution in [3.8, 4) is 5.75 Å². The molecule has 0 saturated heterocycles. The maximum atomic E-state index is 12.5. The molecule has 1 aliphatic rings. The first-order valence-corrected chi connectivity index (χ1v) is 8.93. The molecule has 0 unspecified atom stereocenters. The van der Waals surface area contributed by atoms with Gasteiger partial charge in [-0.25, -0.2) is 0 Å². The predicted molar refractivity (Wildman–Crippen MR) is 101 cm³/mol. The Morgan fingerprint density at radius 2 is 1.92 bits per heavy atom. The van der Waals surface area contributed by atoms with Crippen LogP contribution in [0.15, 0.2) is 48.5 Å². The van der Waals surface area contributed by atoms with Crippen molar-refractivity contribution in [3.63, 3.8) is 0 Å². The highest BCUT2D eigenvalue weighted by atomic mass is 16.5. The number of aryl methyl sites for hydroxylation is 1. The van der Waals surface area contributed by atoms with Gasteiger partial charge in [-0.15, -0.1) is 0 Å². The normalized spacial score (nSPS) is 13.7. The van der Waals surface area contributed by atoms with Crippen molar-refractivity contribution in [2.75, 3.05) is 19.0 Å². The van der Waals surface area contributed by atoms with E-state index in [4.69, 9.17) is 4.74 Å². The summed E-state index contributed by atoms with van der Waals surface area (Å²) in [5.41, 5.74) is 3.31. The van der Waals surface area contributed by atoms with Gasteiger partial charge < -0.3 is 10.1 Å². The van der Waals surface area contributed by atoms with Crippen LogP contribution < -0.4 is 10.1 Å². The number of hydrogen-bond acceptors (Lipinski definition) is 3. The van der Waals surface area contributed by atoms with Gasteiger partial charge in [0.05, 0.1) is 13.7 Å². The van der Waals surface area contributed by atoms with Crippen molar-refractivity contribution in [2.45, 2.75) is 38.8 Å². The van der Waals surface area contributed by atoms with E-state index in [-0.39, 0.29) is 5.91 Å². The Morgan fingerprint density at radius 1 is 1.16 bits per heavy atom. The van der Waals surface area contributed by atoms with Crippen molar-refractivity contribution in [1.29, 1.82) is 0 Å². The van der Waals surface area contributed by atoms with Gasteiger partial charge in [0.15, 0.2) is 0 Å². The van der Waals surface area contributed by atoms with Crippen LogP contribution in [0.1, 0.15) is 30.9 Å². The SMILES string of the molecule is CCc1cccc(NC(=O)CN(Cc2ccc(OC)cc2)C2CC2)c1. The highest BCUT2D eigenvalue weighted by molar-refractivity contribution is 5.92. The van der Waals surface area contributed by atoms with Gasteiger partial charge in [-0.05, 0) is 54.7 Å². The fourth-order valence-corrected chi connectivity index (χ4v) is 2.97. The monoisotopic (exact) mass is 338 g/mol. The second-order valence-corrected chi connectivity index (χ2v) is 6.59. The Balaban J connectivity index is 1.59. The molecule has 1 aliphatic carbocycles. The van der Waals surface area contributed by atoms with Crippen LogP contribution in [0.2, 0.25) is 0 Å². The smallest absolute Gasteiger partial charge is 0.238 e. The first-order valence-electron chi connectivity index (χ1n) is 8.93. The number of nitrogens with zero attached hydrogens (tertiary/aromatic N) is 1. The molecular weight excluding hydrogens is 312 g/mol. The fraction of sp³-hybridized carbons (Fsp3) is 0.381. The molecule has 0 aliphatic heterocycles. The summed E-state index contributed by atoms with van der Waals surface area (Å²) in [6.45, 7) is 3.33. The average molecular weight is 338 g/mol. The van der Waals surface area contributed by atoms with E-state index < -0.39 is 0 Å². The van der Waals surface area contributed by atoms with E-state index in [0.29, 0.717) is 12.6 Å². The van der Waals surface area contributed by atoms with Crippen LogP contribution in [0, 0.1) is 0 Å². The van der Waals surface area contributed by atoms with E-state index in [1.165, 1.54) is 24.0 Å². The molecule has 25 heavy (non-hydrogen) atoms. The molecule has 132 valence electrons. The highest BCUT2D eigenvalue weighted by Gasteiger charge is 2.30. The van der Waals surface area contributed by atoms with Gasteiger partial charge in [0.1, 0.15) is 5.75 Å². The number of benzene rings is 2. The Labute approximate surface area is 149 Å². The lowest BCUT2D eigenvalue weighted by molar-refractivity contribution is -0.117. The summed E-state index contributed by atoms with van der Waals surface area (Å²) >= 11 is 0. The number of nitrogens with one attached hydrogen (secondary N) is 1. The number of carbonyl (C=O) groups is 1. The van der Waals surface area contributed by atoms with E-state index in [1.807, 2.05) is 30.3 Å². The van der Waals surface area contributed by atoms with E-state index in [9.17, 15) is 4.79 Å². The van der Waals surface area contributed by atoms with Gasteiger partial charge in [-0.1, -0.05) is 31.2 Å². The largest absolute Gasteiger partial charge is 0.497 e. The molecule has 1 saturated carbocycles. The molecule has 1 fully saturated rings. The average Bonchev–Trinajstić information content (AvgIpc) is 3.47. The maximum Gasteiger partial charge on any atom is 0.238 e. The molecular formula is C21H26N2O2. The van der Waals surface area contributed by atoms with Gasteiger partial charge in [0.25, 0.3) is 0 Å². The first-order chi connectivity index (χ1) is 12.2. The second kappa shape index (κ2) is 8.17. The van der Waals surface area contributed by atoms with Gasteiger partial charge in [-0.3, -0.25) is 9.69 Å². The summed E-state index contributed by atoms with van der Waals surface area (Å²) in [4.78, 5) is 14.7. The van der Waals surface area contributed by atoms with E-state index in [1.54, 1.807) is 7.11 Å². The van der Waals surface area contributed by atoms with Crippen molar-refractivity contribution in [2.24, 2.45) is 0 Å². The molecule has 2 aromatic carbocycles. The third kappa shape index (κ3) is 5.07. The molecule has 0 spiro atoms. The molecule has 0 radical (unpaired) electrons. The zero-order chi connectivity index (χ0) is 17.6. The Morgan fingerprint density at radius 3 is 2.56 bits per heavy atom. The van der Waals surface area contributed by atoms with Crippen molar-refractivity contribution >= 4 is 11.6 Å². The van der Waals surface area contributed by atoms with Crippen LogP contribution in [0.5, 0.6) is 5.75 Å². The minimum Gasteiger partial charge on any atom is -0.497 e. The van der Waals surface area contributed by atoms with E-state index in [2.05, 4.69) is 35.3 Å². The van der Waals surface area contributed by atoms with Crippen LogP contribution in [0.25, 0.3) is 0 Å². The zero-order valence-electron chi connectivity index (χ0n) is 15.0. The summed E-state index contributed by atoms with van der Waals surface area (Å²) < 4.78 is 5.21. The fourth-order valence-electron chi connectivity index (χ4n) is 2.97. The summed E-state index contributed by atoms with van der Waals surface area (Å²) in [6, 6.07) is 16.7. The van der Waals surface area contributed by atoms with Gasteiger partial charge in [0, 0.05) is 18.3 Å². The third-order valence-corrected chi connectivity index (χ3v) is 4.57. The number of methoxy groups -OCH3 is 1. The van der Waals surface area contributed by atoms with E-state index >= 15 is 0 Å². The molecule has 4 heteroatoms. The number of carbonyl (C=O) groups excluding carboxylic acids is 1. The maximum absolute atomic E-state index is 12.5. The number of anilines is 1. The Kier molecular flexibility index (Phi) is 5.71. The minimum absolute atomic E-state index is 0.0497. The van der Waals surface area contributed by atoms with Crippen molar-refractivity contribution in [1.82, 2.24) is 4.90 Å². The van der Waals surface area contributed by atoms with Crippen molar-refractivity contribution in [3.05, 3.63) is 59.7 Å². The second-order valence-electron chi connectivity index (χ2n) is 6.59. The molecule has 2 aromatic rings. The molecule has 0 aromatic heterocycles. The minimum atomic E-state index is 0.0497. The molecule has 0 bridgehead atoms. The highest BCUT2D eigenvalue weighted by Crippen LogP contribution is 2.28. The molecule has 0 atom stereocenters. The van der Waals surface area contributed by atoms with Gasteiger partial charge in [0.2, 0.25) is 5.91 Å². The Hall–Kier alpha value is -2.33. The molecule has 3 rings (SSSR count). The summed E-state index contributed by atoms with van der Waals surface area (Å²) in [7, 11) is 1.67. The van der Waals surface area contributed by atoms with Crippen molar-refractivity contribution < 1.29 is 9.53 Å². The van der Waals surface area contributed by atoms with Gasteiger partial charge >= 0.3 is 0 Å². The van der Waals surface area contributed by atoms with E-state index in [0.717, 1.165) is 24.4 Å². The summed E-state index contributed by atoms with van der Waals surface area (Å²) in [5.74, 6) is 0.906. The summed E-state index contributed by atoms with van der Waals surface area (Å²) in [6.07, 6.45) is 3.32. The summed E-state index contributed by atoms with van der Waals surface area (Å²) in [5, 5.41) is 3.03. The van der Waals surface area contributed by atoms with Crippen LogP contribution in [0.3, 0.4) is 0 Å². The molecule has 0 heterocycles. The molecule has 1 amide bonds. The molecule has 1 N–H and O–H groups in total. The lowest BCUT2D eigenvalue weighted by Gasteiger charge is -2.21. The number of hydrogen-bond donors (Lipinski definition) is 1. The first kappa shape index (κ1) is 17.5. The molecule has 4 nitrogen and oxygen atoms in total. The van der Waals surface area contributed by atoms with Gasteiger partial charge in [-0.2, -0.15) is 0 Å². The van der Waals surface area contributed by atoms with Crippen LogP contribution in [-0.2, 0) is 17.8 Å². The lowest BCUT2D eigenvalue weighted by atomic mass is 10.1. The van der Waals surface area contributed by atoms with Crippen LogP contribution in [-0.4, -0.2) is 30.5 Å². The predicted octanol–water partition coefficient (Wildman–Crippen LogP) is 3.86. The zero-order valence-corrected chi connectivity index (χ0v) is 15.0. The number of amides is 1. The third-order valence-electron chi connectivity index (χ3n) is 4.57. The topological polar surface area (TPSA) is 41.6 Å². The van der Waals surface area contributed by atoms with Crippen LogP contribution >= 0.6 is 0 Å². The number of rotatable bonds is 8. The lowest BCUT2D eigenvalue weighted by Crippen LogP contribution is -2.34. The standard InChI is InChI=1S/C21H26N2O2/c1-3-16-5-4-6-18(13-16)22-21(24)15-23(19-9-10-19)14-17-7-11-20(25-2)12-8-17/h4-8,11-13,19H,3,9-10,14-15H2,1-2H3,(H,22,24). The number of ether oxygens (including phenoxy) is 1. The van der Waals surface area contributed by atoms with Crippen LogP contribution in [0.4, 0.5) is 5.69 Å². The quantitative estimate of drug-likeness (QED) is 0.795.